The van der Waals surface area contributed by atoms with Crippen molar-refractivity contribution in [2.75, 3.05) is 0 Å². The van der Waals surface area contributed by atoms with Crippen molar-refractivity contribution < 1.29 is 9.21 Å². The molecule has 3 aromatic carbocycles. The highest BCUT2D eigenvalue weighted by atomic mass is 35.5. The van der Waals surface area contributed by atoms with E-state index in [1.807, 2.05) is 80.6 Å². The molecule has 1 unspecified atom stereocenters. The molecule has 1 heterocycles. The van der Waals surface area contributed by atoms with Crippen LogP contribution in [-0.4, -0.2) is 10.9 Å². The molecule has 0 radical (unpaired) electrons. The van der Waals surface area contributed by atoms with E-state index in [-0.39, 0.29) is 11.9 Å². The number of oxazole rings is 1. The number of carbonyl (C=O) groups is 1. The van der Waals surface area contributed by atoms with E-state index in [0.717, 1.165) is 32.5 Å². The van der Waals surface area contributed by atoms with Crippen LogP contribution >= 0.6 is 23.4 Å². The number of hydrogen-bond acceptors (Lipinski definition) is 4. The molecule has 0 aliphatic heterocycles. The molecule has 0 saturated heterocycles. The number of thioether (sulfide) groups is 1. The Hall–Kier alpha value is -3.02. The number of aryl methyl sites for hydroxylation is 1. The molecule has 0 fully saturated rings. The third-order valence-corrected chi connectivity index (χ3v) is 6.40. The van der Waals surface area contributed by atoms with E-state index in [9.17, 15) is 4.79 Å². The van der Waals surface area contributed by atoms with Crippen LogP contribution in [0.2, 0.25) is 5.02 Å². The van der Waals surface area contributed by atoms with Gasteiger partial charge in [0, 0.05) is 26.8 Å². The van der Waals surface area contributed by atoms with Gasteiger partial charge in [0.2, 0.25) is 5.89 Å². The molecule has 6 heteroatoms. The van der Waals surface area contributed by atoms with Crippen LogP contribution in [0, 0.1) is 6.92 Å². The maximum Gasteiger partial charge on any atom is 0.251 e. The third-order valence-electron chi connectivity index (χ3n) is 5.12. The van der Waals surface area contributed by atoms with Crippen LogP contribution in [-0.2, 0) is 5.75 Å². The van der Waals surface area contributed by atoms with Crippen LogP contribution in [0.25, 0.3) is 11.5 Å². The minimum atomic E-state index is -0.114. The Kier molecular flexibility index (Phi) is 6.98. The van der Waals surface area contributed by atoms with Gasteiger partial charge in [-0.3, -0.25) is 4.79 Å². The average Bonchev–Trinajstić information content (AvgIpc) is 3.19. The van der Waals surface area contributed by atoms with Crippen molar-refractivity contribution >= 4 is 29.3 Å². The summed E-state index contributed by atoms with van der Waals surface area (Å²) in [4.78, 5) is 18.4. The number of nitrogens with one attached hydrogen (secondary N) is 1. The highest BCUT2D eigenvalue weighted by molar-refractivity contribution is 7.98. The quantitative estimate of drug-likeness (QED) is 0.298. The molecule has 162 valence electrons. The molecule has 0 spiro atoms. The number of nitrogens with zero attached hydrogens (tertiary/aromatic N) is 1. The zero-order chi connectivity index (χ0) is 22.5. The number of halogens is 1. The molecule has 0 aliphatic carbocycles. The molecule has 32 heavy (non-hydrogen) atoms. The van der Waals surface area contributed by atoms with Gasteiger partial charge in [-0.05, 0) is 67.9 Å². The minimum absolute atomic E-state index is 0.0709. The second-order valence-corrected chi connectivity index (χ2v) is 8.93. The van der Waals surface area contributed by atoms with Crippen molar-refractivity contribution in [1.82, 2.24) is 10.3 Å². The van der Waals surface area contributed by atoms with Gasteiger partial charge in [-0.25, -0.2) is 4.98 Å². The smallest absolute Gasteiger partial charge is 0.251 e. The maximum atomic E-state index is 12.6. The lowest BCUT2D eigenvalue weighted by molar-refractivity contribution is 0.0940. The standard InChI is InChI=1S/C26H23ClN2O2S/c1-17(19-6-4-3-5-7-19)28-25(30)20-8-10-21(11-9-20)26-29-24(18(2)31-26)16-32-23-14-12-22(27)13-15-23/h3-15,17H,16H2,1-2H3,(H,28,30). The number of benzene rings is 3. The van der Waals surface area contributed by atoms with Gasteiger partial charge in [0.15, 0.2) is 0 Å². The van der Waals surface area contributed by atoms with Gasteiger partial charge in [-0.2, -0.15) is 0 Å². The fraction of sp³-hybridized carbons (Fsp3) is 0.154. The zero-order valence-electron chi connectivity index (χ0n) is 17.8. The van der Waals surface area contributed by atoms with Crippen LogP contribution in [0.4, 0.5) is 0 Å². The van der Waals surface area contributed by atoms with Crippen molar-refractivity contribution in [3.05, 3.63) is 106 Å². The summed E-state index contributed by atoms with van der Waals surface area (Å²) in [6.07, 6.45) is 0. The first-order valence-corrected chi connectivity index (χ1v) is 11.7. The lowest BCUT2D eigenvalue weighted by atomic mass is 10.1. The Labute approximate surface area is 197 Å². The summed E-state index contributed by atoms with van der Waals surface area (Å²) in [5.41, 5.74) is 3.40. The second-order valence-electron chi connectivity index (χ2n) is 7.45. The van der Waals surface area contributed by atoms with Crippen molar-refractivity contribution in [2.45, 2.75) is 30.5 Å². The van der Waals surface area contributed by atoms with Crippen molar-refractivity contribution in [1.29, 1.82) is 0 Å². The molecule has 4 rings (SSSR count). The number of amides is 1. The summed E-state index contributed by atoms with van der Waals surface area (Å²) in [6.45, 7) is 3.89. The molecule has 1 atom stereocenters. The van der Waals surface area contributed by atoms with Gasteiger partial charge in [0.05, 0.1) is 11.7 Å². The molecule has 0 bridgehead atoms. The largest absolute Gasteiger partial charge is 0.441 e. The van der Waals surface area contributed by atoms with Gasteiger partial charge >= 0.3 is 0 Å². The van der Waals surface area contributed by atoms with E-state index in [1.165, 1.54) is 0 Å². The minimum Gasteiger partial charge on any atom is -0.441 e. The lowest BCUT2D eigenvalue weighted by Gasteiger charge is -2.14. The first kappa shape index (κ1) is 22.2. The van der Waals surface area contributed by atoms with E-state index >= 15 is 0 Å². The lowest BCUT2D eigenvalue weighted by Crippen LogP contribution is -2.26. The Morgan fingerprint density at radius 1 is 1.03 bits per heavy atom. The van der Waals surface area contributed by atoms with Gasteiger partial charge in [-0.15, -0.1) is 11.8 Å². The maximum absolute atomic E-state index is 12.6. The highest BCUT2D eigenvalue weighted by Crippen LogP contribution is 2.28. The van der Waals surface area contributed by atoms with Gasteiger partial charge in [-0.1, -0.05) is 41.9 Å². The monoisotopic (exact) mass is 462 g/mol. The van der Waals surface area contributed by atoms with Crippen LogP contribution in [0.1, 0.15) is 40.3 Å². The number of aromatic nitrogens is 1. The summed E-state index contributed by atoms with van der Waals surface area (Å²) in [5.74, 6) is 1.93. The predicted molar refractivity (Wildman–Crippen MR) is 130 cm³/mol. The third kappa shape index (κ3) is 5.42. The van der Waals surface area contributed by atoms with Crippen LogP contribution in [0.5, 0.6) is 0 Å². The summed E-state index contributed by atoms with van der Waals surface area (Å²) in [5, 5.41) is 3.75. The molecule has 1 amide bonds. The van der Waals surface area contributed by atoms with Crippen LogP contribution < -0.4 is 5.32 Å². The van der Waals surface area contributed by atoms with E-state index in [1.54, 1.807) is 23.9 Å². The molecule has 0 saturated carbocycles. The Morgan fingerprint density at radius 2 is 1.72 bits per heavy atom. The fourth-order valence-corrected chi connectivity index (χ4v) is 4.26. The Morgan fingerprint density at radius 3 is 2.41 bits per heavy atom. The molecule has 1 aromatic heterocycles. The van der Waals surface area contributed by atoms with E-state index in [4.69, 9.17) is 16.0 Å². The van der Waals surface area contributed by atoms with Crippen molar-refractivity contribution in [2.24, 2.45) is 0 Å². The first-order chi connectivity index (χ1) is 15.5. The summed E-state index contributed by atoms with van der Waals surface area (Å²) in [7, 11) is 0. The van der Waals surface area contributed by atoms with Crippen LogP contribution in [0.15, 0.2) is 88.2 Å². The van der Waals surface area contributed by atoms with Crippen molar-refractivity contribution in [3.8, 4) is 11.5 Å². The molecule has 1 N–H and O–H groups in total. The second kappa shape index (κ2) is 10.1. The summed E-state index contributed by atoms with van der Waals surface area (Å²) >= 11 is 7.63. The average molecular weight is 463 g/mol. The van der Waals surface area contributed by atoms with E-state index < -0.39 is 0 Å². The van der Waals surface area contributed by atoms with Gasteiger partial charge in [0.1, 0.15) is 5.76 Å². The summed E-state index contributed by atoms with van der Waals surface area (Å²) < 4.78 is 5.88. The molecule has 0 aliphatic rings. The van der Waals surface area contributed by atoms with E-state index in [2.05, 4.69) is 10.3 Å². The molecule has 4 aromatic rings. The number of hydrogen-bond donors (Lipinski definition) is 1. The Bertz CT molecular complexity index is 1190. The normalized spacial score (nSPS) is 11.8. The van der Waals surface area contributed by atoms with Crippen molar-refractivity contribution in [3.63, 3.8) is 0 Å². The fourth-order valence-electron chi connectivity index (χ4n) is 3.24. The highest BCUT2D eigenvalue weighted by Gasteiger charge is 2.14. The number of rotatable bonds is 7. The van der Waals surface area contributed by atoms with Gasteiger partial charge < -0.3 is 9.73 Å². The van der Waals surface area contributed by atoms with E-state index in [0.29, 0.717) is 17.2 Å². The predicted octanol–water partition coefficient (Wildman–Crippen LogP) is 7.09. The SMILES string of the molecule is Cc1oc(-c2ccc(C(=O)NC(C)c3ccccc3)cc2)nc1CSc1ccc(Cl)cc1. The Balaban J connectivity index is 1.41. The van der Waals surface area contributed by atoms with Gasteiger partial charge in [0.25, 0.3) is 5.91 Å². The topological polar surface area (TPSA) is 55.1 Å². The zero-order valence-corrected chi connectivity index (χ0v) is 19.4. The molecular weight excluding hydrogens is 440 g/mol. The molecule has 4 nitrogen and oxygen atoms in total. The van der Waals surface area contributed by atoms with Crippen LogP contribution in [0.3, 0.4) is 0 Å². The summed E-state index contributed by atoms with van der Waals surface area (Å²) in [6, 6.07) is 24.9. The number of carbonyl (C=O) groups excluding carboxylic acids is 1. The molecular formula is C26H23ClN2O2S. The first-order valence-electron chi connectivity index (χ1n) is 10.3.